The van der Waals surface area contributed by atoms with Crippen molar-refractivity contribution < 1.29 is 28.9 Å². The zero-order valence-corrected chi connectivity index (χ0v) is 21.2. The molecule has 37 heavy (non-hydrogen) atoms. The fraction of sp³-hybridized carbons (Fsp3) is 0.179. The molecule has 0 unspecified atom stereocenters. The minimum Gasteiger partial charge on any atom is -0.507 e. The van der Waals surface area contributed by atoms with Gasteiger partial charge in [0.15, 0.2) is 5.13 Å². The number of carbonyl (C=O) groups excluding carboxylic acids is 2. The first kappa shape index (κ1) is 24.3. The number of Topliss-reactive ketones (excluding diaryl/α,β-unsaturated/α-hetero) is 1. The van der Waals surface area contributed by atoms with Crippen molar-refractivity contribution in [2.24, 2.45) is 0 Å². The molecule has 1 fully saturated rings. The Labute approximate surface area is 217 Å². The first-order valence-electron chi connectivity index (χ1n) is 11.6. The normalized spacial score (nSPS) is 16.8. The van der Waals surface area contributed by atoms with Crippen LogP contribution in [0, 0.1) is 0 Å². The molecule has 0 spiro atoms. The molecule has 188 valence electrons. The fourth-order valence-electron chi connectivity index (χ4n) is 4.37. The van der Waals surface area contributed by atoms with E-state index in [-0.39, 0.29) is 11.3 Å². The largest absolute Gasteiger partial charge is 0.507 e. The smallest absolute Gasteiger partial charge is 0.301 e. The number of hydrogen-bond acceptors (Lipinski definition) is 8. The minimum absolute atomic E-state index is 0.0458. The Morgan fingerprint density at radius 2 is 1.73 bits per heavy atom. The predicted octanol–water partition coefficient (Wildman–Crippen LogP) is 5.34. The molecule has 1 aliphatic rings. The third-order valence-electron chi connectivity index (χ3n) is 6.11. The molecule has 9 heteroatoms. The van der Waals surface area contributed by atoms with Gasteiger partial charge < -0.3 is 19.3 Å². The number of amides is 1. The van der Waals surface area contributed by atoms with Crippen molar-refractivity contribution in [2.75, 3.05) is 25.7 Å². The Balaban J connectivity index is 1.70. The molecule has 3 aromatic carbocycles. The van der Waals surface area contributed by atoms with Crippen LogP contribution in [0.4, 0.5) is 5.13 Å². The number of aromatic nitrogens is 1. The zero-order chi connectivity index (χ0) is 26.1. The SMILES string of the molecule is CCOc1ccc(/C(O)=C2\C(=O)C(=O)N(c3nc4ccc(OC)cc4s3)[C@H]2c2ccccc2OC)cc1. The van der Waals surface area contributed by atoms with Gasteiger partial charge in [0.2, 0.25) is 0 Å². The third kappa shape index (κ3) is 4.27. The molecular weight excluding hydrogens is 492 g/mol. The average Bonchev–Trinajstić information content (AvgIpc) is 3.46. The molecule has 1 atom stereocenters. The number of anilines is 1. The van der Waals surface area contributed by atoms with Gasteiger partial charge in [0, 0.05) is 11.1 Å². The highest BCUT2D eigenvalue weighted by molar-refractivity contribution is 7.22. The maximum absolute atomic E-state index is 13.5. The number of fused-ring (bicyclic) bond motifs is 1. The number of para-hydroxylation sites is 1. The van der Waals surface area contributed by atoms with E-state index in [1.165, 1.54) is 23.3 Å². The topological polar surface area (TPSA) is 98.2 Å². The summed E-state index contributed by atoms with van der Waals surface area (Å²) >= 11 is 1.26. The lowest BCUT2D eigenvalue weighted by atomic mass is 9.94. The van der Waals surface area contributed by atoms with Crippen molar-refractivity contribution in [1.29, 1.82) is 0 Å². The summed E-state index contributed by atoms with van der Waals surface area (Å²) in [5.74, 6) is -0.122. The van der Waals surface area contributed by atoms with Crippen molar-refractivity contribution in [3.63, 3.8) is 0 Å². The summed E-state index contributed by atoms with van der Waals surface area (Å²) < 4.78 is 17.2. The Kier molecular flexibility index (Phi) is 6.54. The van der Waals surface area contributed by atoms with E-state index in [9.17, 15) is 14.7 Å². The number of hydrogen-bond donors (Lipinski definition) is 1. The van der Waals surface area contributed by atoms with E-state index < -0.39 is 17.7 Å². The summed E-state index contributed by atoms with van der Waals surface area (Å²) in [5, 5.41) is 11.7. The van der Waals surface area contributed by atoms with Gasteiger partial charge in [0.05, 0.1) is 36.6 Å². The maximum Gasteiger partial charge on any atom is 0.301 e. The lowest BCUT2D eigenvalue weighted by Crippen LogP contribution is -2.29. The third-order valence-corrected chi connectivity index (χ3v) is 7.12. The number of aliphatic hydroxyl groups excluding tert-OH is 1. The second kappa shape index (κ2) is 9.94. The standard InChI is InChI=1S/C28H24N2O6S/c1-4-36-17-11-9-16(10-12-17)25(31)23-24(19-7-5-6-8-21(19)35-3)30(27(33)26(23)32)28-29-20-14-13-18(34-2)15-22(20)37-28/h5-15,24,31H,4H2,1-3H3/b25-23+/t24-/m0/s1. The van der Waals surface area contributed by atoms with Gasteiger partial charge in [0.1, 0.15) is 29.0 Å². The molecule has 1 saturated heterocycles. The second-order valence-electron chi connectivity index (χ2n) is 8.20. The number of benzene rings is 3. The van der Waals surface area contributed by atoms with Crippen molar-refractivity contribution in [3.05, 3.63) is 83.4 Å². The number of carbonyl (C=O) groups is 2. The summed E-state index contributed by atoms with van der Waals surface area (Å²) in [5.41, 5.74) is 1.55. The number of methoxy groups -OCH3 is 2. The summed E-state index contributed by atoms with van der Waals surface area (Å²) in [4.78, 5) is 32.9. The number of rotatable bonds is 7. The Hall–Kier alpha value is -4.37. The van der Waals surface area contributed by atoms with Gasteiger partial charge in [-0.25, -0.2) is 4.98 Å². The molecule has 0 radical (unpaired) electrons. The number of aliphatic hydroxyl groups is 1. The highest BCUT2D eigenvalue weighted by atomic mass is 32.1. The van der Waals surface area contributed by atoms with Crippen molar-refractivity contribution in [1.82, 2.24) is 4.98 Å². The van der Waals surface area contributed by atoms with Crippen molar-refractivity contribution in [2.45, 2.75) is 13.0 Å². The van der Waals surface area contributed by atoms with Gasteiger partial charge in [-0.3, -0.25) is 14.5 Å². The zero-order valence-electron chi connectivity index (χ0n) is 20.4. The second-order valence-corrected chi connectivity index (χ2v) is 9.21. The summed E-state index contributed by atoms with van der Waals surface area (Å²) in [6.45, 7) is 2.37. The fourth-order valence-corrected chi connectivity index (χ4v) is 5.39. The van der Waals surface area contributed by atoms with Crippen LogP contribution >= 0.6 is 11.3 Å². The molecule has 1 N–H and O–H groups in total. The van der Waals surface area contributed by atoms with Crippen LogP contribution in [0.25, 0.3) is 16.0 Å². The van der Waals surface area contributed by atoms with Gasteiger partial charge in [-0.1, -0.05) is 29.5 Å². The van der Waals surface area contributed by atoms with Gasteiger partial charge >= 0.3 is 5.91 Å². The molecule has 1 amide bonds. The molecule has 5 rings (SSSR count). The summed E-state index contributed by atoms with van der Waals surface area (Å²) in [7, 11) is 3.09. The van der Waals surface area contributed by atoms with Gasteiger partial charge in [-0.05, 0) is 55.5 Å². The van der Waals surface area contributed by atoms with Crippen LogP contribution in [-0.4, -0.2) is 42.6 Å². The molecule has 2 heterocycles. The summed E-state index contributed by atoms with van der Waals surface area (Å²) in [6.07, 6.45) is 0. The van der Waals surface area contributed by atoms with E-state index in [0.717, 1.165) is 4.70 Å². The molecule has 1 aromatic heterocycles. The number of ketones is 1. The summed E-state index contributed by atoms with van der Waals surface area (Å²) in [6, 6.07) is 18.3. The quantitative estimate of drug-likeness (QED) is 0.201. The number of nitrogens with zero attached hydrogens (tertiary/aromatic N) is 2. The molecular formula is C28H24N2O6S. The van der Waals surface area contributed by atoms with Crippen molar-refractivity contribution in [3.8, 4) is 17.2 Å². The predicted molar refractivity (Wildman–Crippen MR) is 142 cm³/mol. The van der Waals surface area contributed by atoms with Crippen LogP contribution in [0.1, 0.15) is 24.1 Å². The average molecular weight is 517 g/mol. The van der Waals surface area contributed by atoms with Crippen LogP contribution in [0.2, 0.25) is 0 Å². The molecule has 4 aromatic rings. The van der Waals surface area contributed by atoms with E-state index in [0.29, 0.717) is 45.6 Å². The van der Waals surface area contributed by atoms with Gasteiger partial charge in [-0.15, -0.1) is 0 Å². The Morgan fingerprint density at radius 3 is 2.43 bits per heavy atom. The number of ether oxygens (including phenoxy) is 3. The van der Waals surface area contributed by atoms with E-state index >= 15 is 0 Å². The Bertz CT molecular complexity index is 1530. The van der Waals surface area contributed by atoms with Crippen LogP contribution in [0.15, 0.2) is 72.3 Å². The molecule has 8 nitrogen and oxygen atoms in total. The van der Waals surface area contributed by atoms with Crippen LogP contribution in [-0.2, 0) is 9.59 Å². The lowest BCUT2D eigenvalue weighted by molar-refractivity contribution is -0.132. The van der Waals surface area contributed by atoms with Crippen LogP contribution in [0.3, 0.4) is 0 Å². The highest BCUT2D eigenvalue weighted by Gasteiger charge is 2.49. The van der Waals surface area contributed by atoms with E-state index in [1.54, 1.807) is 67.8 Å². The van der Waals surface area contributed by atoms with E-state index in [4.69, 9.17) is 14.2 Å². The monoisotopic (exact) mass is 516 g/mol. The molecule has 0 aliphatic carbocycles. The highest BCUT2D eigenvalue weighted by Crippen LogP contribution is 2.46. The van der Waals surface area contributed by atoms with E-state index in [2.05, 4.69) is 4.98 Å². The van der Waals surface area contributed by atoms with Crippen molar-refractivity contribution >= 4 is 44.1 Å². The van der Waals surface area contributed by atoms with Crippen LogP contribution in [0.5, 0.6) is 17.2 Å². The molecule has 0 bridgehead atoms. The van der Waals surface area contributed by atoms with Gasteiger partial charge in [0.25, 0.3) is 5.78 Å². The number of thiazole rings is 1. The first-order valence-corrected chi connectivity index (χ1v) is 12.4. The Morgan fingerprint density at radius 1 is 1.00 bits per heavy atom. The first-order chi connectivity index (χ1) is 18.0. The van der Waals surface area contributed by atoms with E-state index in [1.807, 2.05) is 13.0 Å². The maximum atomic E-state index is 13.5. The van der Waals surface area contributed by atoms with Crippen LogP contribution < -0.4 is 19.1 Å². The molecule has 0 saturated carbocycles. The minimum atomic E-state index is -0.954. The van der Waals surface area contributed by atoms with Gasteiger partial charge in [-0.2, -0.15) is 0 Å². The lowest BCUT2D eigenvalue weighted by Gasteiger charge is -2.24. The molecule has 1 aliphatic heterocycles.